The van der Waals surface area contributed by atoms with Crippen LogP contribution in [0.15, 0.2) is 41.0 Å². The smallest absolute Gasteiger partial charge is 0.155 e. The van der Waals surface area contributed by atoms with Gasteiger partial charge in [-0.05, 0) is 21.5 Å². The molecule has 0 spiro atoms. The van der Waals surface area contributed by atoms with E-state index in [0.29, 0.717) is 18.8 Å². The lowest BCUT2D eigenvalue weighted by molar-refractivity contribution is -0.0108. The van der Waals surface area contributed by atoms with Crippen LogP contribution in [0.3, 0.4) is 0 Å². The predicted octanol–water partition coefficient (Wildman–Crippen LogP) is 2.17. The fourth-order valence-electron chi connectivity index (χ4n) is 2.33. The fourth-order valence-corrected chi connectivity index (χ4v) is 2.96. The minimum absolute atomic E-state index is 0.133. The standard InChI is InChI=1S/C15H19BrN2O3/c1-20-9-8-18-14(13(16)10-17-18)15(19,11-21-2)12-6-4-3-5-7-12/h3-7,10,19H,8-9,11H2,1-2H3. The van der Waals surface area contributed by atoms with Gasteiger partial charge in [-0.1, -0.05) is 30.3 Å². The van der Waals surface area contributed by atoms with Gasteiger partial charge < -0.3 is 14.6 Å². The Morgan fingerprint density at radius 2 is 1.95 bits per heavy atom. The number of halogens is 1. The van der Waals surface area contributed by atoms with Gasteiger partial charge in [0.25, 0.3) is 0 Å². The maximum Gasteiger partial charge on any atom is 0.155 e. The van der Waals surface area contributed by atoms with Crippen LogP contribution < -0.4 is 0 Å². The normalized spacial score (nSPS) is 14.1. The minimum atomic E-state index is -1.28. The number of hydrogen-bond acceptors (Lipinski definition) is 4. The second-order valence-electron chi connectivity index (χ2n) is 4.72. The summed E-state index contributed by atoms with van der Waals surface area (Å²) in [5, 5.41) is 15.5. The number of nitrogens with zero attached hydrogens (tertiary/aromatic N) is 2. The van der Waals surface area contributed by atoms with E-state index >= 15 is 0 Å². The Morgan fingerprint density at radius 1 is 1.24 bits per heavy atom. The van der Waals surface area contributed by atoms with Crippen molar-refractivity contribution in [1.29, 1.82) is 0 Å². The van der Waals surface area contributed by atoms with E-state index in [1.54, 1.807) is 25.1 Å². The van der Waals surface area contributed by atoms with Crippen molar-refractivity contribution < 1.29 is 14.6 Å². The van der Waals surface area contributed by atoms with Gasteiger partial charge in [-0.3, -0.25) is 4.68 Å². The van der Waals surface area contributed by atoms with Crippen molar-refractivity contribution >= 4 is 15.9 Å². The zero-order valence-electron chi connectivity index (χ0n) is 12.1. The molecule has 5 nitrogen and oxygen atoms in total. The number of aliphatic hydroxyl groups is 1. The van der Waals surface area contributed by atoms with Crippen molar-refractivity contribution in [2.75, 3.05) is 27.4 Å². The first kappa shape index (κ1) is 16.2. The molecule has 0 amide bonds. The Bertz CT molecular complexity index is 574. The third-order valence-corrected chi connectivity index (χ3v) is 3.88. The summed E-state index contributed by atoms with van der Waals surface area (Å²) in [5.41, 5.74) is 0.137. The number of rotatable bonds is 7. The number of hydrogen-bond donors (Lipinski definition) is 1. The van der Waals surface area contributed by atoms with Crippen LogP contribution in [-0.4, -0.2) is 42.3 Å². The van der Waals surface area contributed by atoms with Gasteiger partial charge in [0.15, 0.2) is 5.60 Å². The van der Waals surface area contributed by atoms with Crippen molar-refractivity contribution in [2.45, 2.75) is 12.1 Å². The molecular weight excluding hydrogens is 336 g/mol. The maximum atomic E-state index is 11.2. The molecule has 1 unspecified atom stereocenters. The van der Waals surface area contributed by atoms with E-state index < -0.39 is 5.60 Å². The van der Waals surface area contributed by atoms with Crippen LogP contribution in [-0.2, 0) is 21.6 Å². The van der Waals surface area contributed by atoms with Crippen molar-refractivity contribution in [3.63, 3.8) is 0 Å². The van der Waals surface area contributed by atoms with E-state index in [1.165, 1.54) is 0 Å². The molecule has 0 bridgehead atoms. The van der Waals surface area contributed by atoms with E-state index in [9.17, 15) is 5.11 Å². The minimum Gasteiger partial charge on any atom is -0.383 e. The van der Waals surface area contributed by atoms with Crippen LogP contribution in [0.4, 0.5) is 0 Å². The van der Waals surface area contributed by atoms with Gasteiger partial charge >= 0.3 is 0 Å². The molecule has 1 atom stereocenters. The van der Waals surface area contributed by atoms with Gasteiger partial charge in [0.1, 0.15) is 0 Å². The van der Waals surface area contributed by atoms with Crippen molar-refractivity contribution in [3.05, 3.63) is 52.3 Å². The van der Waals surface area contributed by atoms with E-state index in [-0.39, 0.29) is 6.61 Å². The molecule has 0 fully saturated rings. The lowest BCUT2D eigenvalue weighted by Crippen LogP contribution is -2.36. The largest absolute Gasteiger partial charge is 0.383 e. The molecule has 1 aromatic carbocycles. The van der Waals surface area contributed by atoms with Gasteiger partial charge in [0.2, 0.25) is 0 Å². The summed E-state index contributed by atoms with van der Waals surface area (Å²) in [7, 11) is 3.20. The zero-order valence-corrected chi connectivity index (χ0v) is 13.7. The first-order chi connectivity index (χ1) is 10.1. The van der Waals surface area contributed by atoms with Crippen LogP contribution in [0.2, 0.25) is 0 Å². The molecular formula is C15H19BrN2O3. The highest BCUT2D eigenvalue weighted by Crippen LogP contribution is 2.34. The van der Waals surface area contributed by atoms with Gasteiger partial charge in [-0.2, -0.15) is 5.10 Å². The van der Waals surface area contributed by atoms with Gasteiger partial charge in [0, 0.05) is 14.2 Å². The molecule has 114 valence electrons. The van der Waals surface area contributed by atoms with Gasteiger partial charge in [0.05, 0.1) is 36.1 Å². The summed E-state index contributed by atoms with van der Waals surface area (Å²) < 4.78 is 12.8. The van der Waals surface area contributed by atoms with E-state index in [0.717, 1.165) is 10.0 Å². The average Bonchev–Trinajstić information content (AvgIpc) is 2.87. The number of ether oxygens (including phenoxy) is 2. The number of aromatic nitrogens is 2. The van der Waals surface area contributed by atoms with Crippen LogP contribution in [0, 0.1) is 0 Å². The van der Waals surface area contributed by atoms with Crippen molar-refractivity contribution in [3.8, 4) is 0 Å². The van der Waals surface area contributed by atoms with E-state index in [4.69, 9.17) is 9.47 Å². The molecule has 1 heterocycles. The molecule has 0 saturated carbocycles. The Morgan fingerprint density at radius 3 is 2.57 bits per heavy atom. The van der Waals surface area contributed by atoms with Crippen LogP contribution in [0.25, 0.3) is 0 Å². The summed E-state index contributed by atoms with van der Waals surface area (Å²) in [6.07, 6.45) is 1.68. The molecule has 0 aliphatic rings. The van der Waals surface area contributed by atoms with Crippen LogP contribution in [0.5, 0.6) is 0 Å². The van der Waals surface area contributed by atoms with Crippen LogP contribution >= 0.6 is 15.9 Å². The average molecular weight is 355 g/mol. The topological polar surface area (TPSA) is 56.5 Å². The Labute approximate surface area is 132 Å². The molecule has 0 saturated heterocycles. The summed E-state index contributed by atoms with van der Waals surface area (Å²) >= 11 is 3.47. The Balaban J connectivity index is 2.50. The Hall–Kier alpha value is -1.21. The molecule has 21 heavy (non-hydrogen) atoms. The first-order valence-corrected chi connectivity index (χ1v) is 7.40. The monoisotopic (exact) mass is 354 g/mol. The van der Waals surface area contributed by atoms with Gasteiger partial charge in [-0.25, -0.2) is 0 Å². The van der Waals surface area contributed by atoms with Crippen LogP contribution in [0.1, 0.15) is 11.3 Å². The molecule has 0 radical (unpaired) electrons. The molecule has 1 N–H and O–H groups in total. The summed E-state index contributed by atoms with van der Waals surface area (Å²) in [6.45, 7) is 1.20. The van der Waals surface area contributed by atoms with Gasteiger partial charge in [-0.15, -0.1) is 0 Å². The SMILES string of the molecule is COCCn1ncc(Br)c1C(O)(COC)c1ccccc1. The fraction of sp³-hybridized carbons (Fsp3) is 0.400. The van der Waals surface area contributed by atoms with Crippen molar-refractivity contribution in [1.82, 2.24) is 9.78 Å². The molecule has 2 aromatic rings. The zero-order chi connectivity index (χ0) is 15.3. The summed E-state index contributed by atoms with van der Waals surface area (Å²) in [6, 6.07) is 9.44. The molecule has 2 rings (SSSR count). The molecule has 1 aromatic heterocycles. The molecule has 0 aliphatic carbocycles. The Kier molecular flexibility index (Phi) is 5.52. The third kappa shape index (κ3) is 3.35. The second-order valence-corrected chi connectivity index (χ2v) is 5.57. The van der Waals surface area contributed by atoms with E-state index in [1.807, 2.05) is 30.3 Å². The first-order valence-electron chi connectivity index (χ1n) is 6.61. The lowest BCUT2D eigenvalue weighted by atomic mass is 9.91. The summed E-state index contributed by atoms with van der Waals surface area (Å²) in [4.78, 5) is 0. The second kappa shape index (κ2) is 7.17. The van der Waals surface area contributed by atoms with E-state index in [2.05, 4.69) is 21.0 Å². The maximum absolute atomic E-state index is 11.2. The highest BCUT2D eigenvalue weighted by Gasteiger charge is 2.37. The summed E-state index contributed by atoms with van der Waals surface area (Å²) in [5.74, 6) is 0. The quantitative estimate of drug-likeness (QED) is 0.827. The highest BCUT2D eigenvalue weighted by molar-refractivity contribution is 9.10. The molecule has 6 heteroatoms. The number of benzene rings is 1. The molecule has 0 aliphatic heterocycles. The predicted molar refractivity (Wildman–Crippen MR) is 83.1 cm³/mol. The highest BCUT2D eigenvalue weighted by atomic mass is 79.9. The lowest BCUT2D eigenvalue weighted by Gasteiger charge is -2.29. The van der Waals surface area contributed by atoms with Crippen molar-refractivity contribution in [2.24, 2.45) is 0 Å². The third-order valence-electron chi connectivity index (χ3n) is 3.30. The number of methoxy groups -OCH3 is 2.